The number of aromatic nitrogens is 2. The van der Waals surface area contributed by atoms with Crippen molar-refractivity contribution < 1.29 is 4.39 Å². The number of alkyl halides is 1. The quantitative estimate of drug-likeness (QED) is 0.882. The number of hydrogen-bond donors (Lipinski definition) is 1. The van der Waals surface area contributed by atoms with Crippen molar-refractivity contribution in [1.82, 2.24) is 15.1 Å². The van der Waals surface area contributed by atoms with Gasteiger partial charge in [0.15, 0.2) is 6.17 Å². The number of aryl methyl sites for hydroxylation is 1. The Balaban J connectivity index is 2.21. The SMILES string of the molecule is Cn1ncc(Br)c1C(F)C1CCCN1. The molecule has 0 bridgehead atoms. The summed E-state index contributed by atoms with van der Waals surface area (Å²) in [6.07, 6.45) is 2.62. The molecule has 2 heterocycles. The topological polar surface area (TPSA) is 29.9 Å². The summed E-state index contributed by atoms with van der Waals surface area (Å²) < 4.78 is 16.4. The lowest BCUT2D eigenvalue weighted by Crippen LogP contribution is -2.27. The fourth-order valence-corrected chi connectivity index (χ4v) is 2.45. The van der Waals surface area contributed by atoms with Crippen molar-refractivity contribution in [2.75, 3.05) is 6.54 Å². The van der Waals surface area contributed by atoms with Crippen LogP contribution in [-0.4, -0.2) is 22.4 Å². The highest BCUT2D eigenvalue weighted by molar-refractivity contribution is 9.10. The molecule has 0 spiro atoms. The van der Waals surface area contributed by atoms with Gasteiger partial charge in [0.05, 0.1) is 16.4 Å². The van der Waals surface area contributed by atoms with E-state index in [0.717, 1.165) is 23.9 Å². The first kappa shape index (κ1) is 10.1. The lowest BCUT2D eigenvalue weighted by molar-refractivity contribution is 0.256. The monoisotopic (exact) mass is 261 g/mol. The van der Waals surface area contributed by atoms with Gasteiger partial charge in [-0.25, -0.2) is 4.39 Å². The number of halogens is 2. The molecule has 1 fully saturated rings. The van der Waals surface area contributed by atoms with Gasteiger partial charge in [0, 0.05) is 13.1 Å². The molecule has 2 unspecified atom stereocenters. The molecule has 1 aromatic rings. The molecule has 3 nitrogen and oxygen atoms in total. The van der Waals surface area contributed by atoms with Crippen LogP contribution in [0.4, 0.5) is 4.39 Å². The van der Waals surface area contributed by atoms with E-state index in [9.17, 15) is 4.39 Å². The van der Waals surface area contributed by atoms with Crippen molar-refractivity contribution in [3.8, 4) is 0 Å². The van der Waals surface area contributed by atoms with E-state index in [0.29, 0.717) is 5.69 Å². The van der Waals surface area contributed by atoms with E-state index in [1.807, 2.05) is 0 Å². The molecule has 1 aliphatic heterocycles. The van der Waals surface area contributed by atoms with Gasteiger partial charge in [-0.2, -0.15) is 5.10 Å². The molecule has 1 saturated heterocycles. The lowest BCUT2D eigenvalue weighted by Gasteiger charge is -2.16. The van der Waals surface area contributed by atoms with Crippen LogP contribution in [0.5, 0.6) is 0 Å². The molecule has 0 aliphatic carbocycles. The summed E-state index contributed by atoms with van der Waals surface area (Å²) in [5.74, 6) is 0. The molecule has 0 amide bonds. The molecule has 1 N–H and O–H groups in total. The van der Waals surface area contributed by atoms with Gasteiger partial charge >= 0.3 is 0 Å². The van der Waals surface area contributed by atoms with Crippen molar-refractivity contribution in [3.63, 3.8) is 0 Å². The summed E-state index contributed by atoms with van der Waals surface area (Å²) in [5.41, 5.74) is 0.629. The van der Waals surface area contributed by atoms with Crippen LogP contribution in [0.1, 0.15) is 24.7 Å². The average molecular weight is 262 g/mol. The average Bonchev–Trinajstić information content (AvgIpc) is 2.75. The maximum absolute atomic E-state index is 14.0. The van der Waals surface area contributed by atoms with Crippen LogP contribution in [0.25, 0.3) is 0 Å². The first-order chi connectivity index (χ1) is 6.70. The van der Waals surface area contributed by atoms with E-state index in [-0.39, 0.29) is 6.04 Å². The molecule has 0 radical (unpaired) electrons. The maximum Gasteiger partial charge on any atom is 0.158 e. The molecule has 2 atom stereocenters. The standard InChI is InChI=1S/C9H13BrFN3/c1-14-9(6(10)5-13-14)8(11)7-3-2-4-12-7/h5,7-8,12H,2-4H2,1H3. The second-order valence-electron chi connectivity index (χ2n) is 3.61. The summed E-state index contributed by atoms with van der Waals surface area (Å²) >= 11 is 3.31. The molecule has 14 heavy (non-hydrogen) atoms. The first-order valence-electron chi connectivity index (χ1n) is 4.75. The maximum atomic E-state index is 14.0. The number of rotatable bonds is 2. The number of nitrogens with one attached hydrogen (secondary N) is 1. The van der Waals surface area contributed by atoms with Gasteiger partial charge in [-0.05, 0) is 35.3 Å². The molecule has 5 heteroatoms. The minimum atomic E-state index is -0.973. The molecular weight excluding hydrogens is 249 g/mol. The molecule has 78 valence electrons. The van der Waals surface area contributed by atoms with E-state index in [1.54, 1.807) is 17.9 Å². The smallest absolute Gasteiger partial charge is 0.158 e. The van der Waals surface area contributed by atoms with Crippen LogP contribution in [0.15, 0.2) is 10.7 Å². The highest BCUT2D eigenvalue weighted by Crippen LogP contribution is 2.31. The number of hydrogen-bond acceptors (Lipinski definition) is 2. The van der Waals surface area contributed by atoms with E-state index >= 15 is 0 Å². The Labute approximate surface area is 90.8 Å². The van der Waals surface area contributed by atoms with E-state index in [4.69, 9.17) is 0 Å². The Bertz CT molecular complexity index is 300. The highest BCUT2D eigenvalue weighted by Gasteiger charge is 2.29. The second kappa shape index (κ2) is 3.98. The zero-order valence-electron chi connectivity index (χ0n) is 8.00. The van der Waals surface area contributed by atoms with Crippen LogP contribution in [0.2, 0.25) is 0 Å². The van der Waals surface area contributed by atoms with Crippen molar-refractivity contribution >= 4 is 15.9 Å². The van der Waals surface area contributed by atoms with Crippen molar-refractivity contribution in [2.24, 2.45) is 7.05 Å². The summed E-state index contributed by atoms with van der Waals surface area (Å²) in [7, 11) is 1.77. The van der Waals surface area contributed by atoms with Crippen LogP contribution in [0, 0.1) is 0 Å². The minimum absolute atomic E-state index is 0.0540. The number of nitrogens with zero attached hydrogens (tertiary/aromatic N) is 2. The van der Waals surface area contributed by atoms with Crippen LogP contribution < -0.4 is 5.32 Å². The summed E-state index contributed by atoms with van der Waals surface area (Å²) in [6.45, 7) is 0.917. The van der Waals surface area contributed by atoms with Crippen LogP contribution >= 0.6 is 15.9 Å². The van der Waals surface area contributed by atoms with Crippen molar-refractivity contribution in [1.29, 1.82) is 0 Å². The van der Waals surface area contributed by atoms with Gasteiger partial charge in [-0.3, -0.25) is 4.68 Å². The molecule has 1 aromatic heterocycles. The first-order valence-corrected chi connectivity index (χ1v) is 5.54. The minimum Gasteiger partial charge on any atom is -0.311 e. The molecular formula is C9H13BrFN3. The fourth-order valence-electron chi connectivity index (χ4n) is 1.88. The van der Waals surface area contributed by atoms with Gasteiger partial charge in [0.25, 0.3) is 0 Å². The van der Waals surface area contributed by atoms with Crippen molar-refractivity contribution in [2.45, 2.75) is 25.1 Å². The molecule has 0 saturated carbocycles. The van der Waals surface area contributed by atoms with Gasteiger partial charge < -0.3 is 5.32 Å². The van der Waals surface area contributed by atoms with Crippen LogP contribution in [0.3, 0.4) is 0 Å². The molecule has 0 aromatic carbocycles. The largest absolute Gasteiger partial charge is 0.311 e. The van der Waals surface area contributed by atoms with Gasteiger partial charge in [0.2, 0.25) is 0 Å². The van der Waals surface area contributed by atoms with E-state index in [2.05, 4.69) is 26.3 Å². The molecule has 1 aliphatic rings. The predicted octanol–water partition coefficient (Wildman–Crippen LogP) is 1.95. The zero-order valence-corrected chi connectivity index (χ0v) is 9.59. The predicted molar refractivity (Wildman–Crippen MR) is 55.8 cm³/mol. The Morgan fingerprint density at radius 3 is 3.07 bits per heavy atom. The summed E-state index contributed by atoms with van der Waals surface area (Å²) in [4.78, 5) is 0. The van der Waals surface area contributed by atoms with Gasteiger partial charge in [-0.15, -0.1) is 0 Å². The highest BCUT2D eigenvalue weighted by atomic mass is 79.9. The van der Waals surface area contributed by atoms with E-state index < -0.39 is 6.17 Å². The van der Waals surface area contributed by atoms with Crippen molar-refractivity contribution in [3.05, 3.63) is 16.4 Å². The fraction of sp³-hybridized carbons (Fsp3) is 0.667. The zero-order chi connectivity index (χ0) is 10.1. The van der Waals surface area contributed by atoms with E-state index in [1.165, 1.54) is 0 Å². The third-order valence-corrected chi connectivity index (χ3v) is 3.26. The third-order valence-electron chi connectivity index (χ3n) is 2.65. The summed E-state index contributed by atoms with van der Waals surface area (Å²) in [6, 6.07) is -0.0540. The summed E-state index contributed by atoms with van der Waals surface area (Å²) in [5, 5.41) is 7.17. The van der Waals surface area contributed by atoms with Gasteiger partial charge in [0.1, 0.15) is 0 Å². The Morgan fingerprint density at radius 1 is 1.79 bits per heavy atom. The molecule has 2 rings (SSSR count). The van der Waals surface area contributed by atoms with Gasteiger partial charge in [-0.1, -0.05) is 0 Å². The Morgan fingerprint density at radius 2 is 2.57 bits per heavy atom. The Kier molecular flexibility index (Phi) is 2.88. The third kappa shape index (κ3) is 1.70. The normalized spacial score (nSPS) is 24.1. The van der Waals surface area contributed by atoms with Crippen LogP contribution in [-0.2, 0) is 7.05 Å². The second-order valence-corrected chi connectivity index (χ2v) is 4.46. The Hall–Kier alpha value is -0.420. The lowest BCUT2D eigenvalue weighted by atomic mass is 10.1.